The largest absolute Gasteiger partial charge is 0.419 e. The molecule has 0 aliphatic carbocycles. The Morgan fingerprint density at radius 1 is 0.900 bits per heavy atom. The van der Waals surface area contributed by atoms with Crippen molar-refractivity contribution < 1.29 is 31.5 Å². The van der Waals surface area contributed by atoms with E-state index < -0.39 is 46.3 Å². The van der Waals surface area contributed by atoms with Crippen LogP contribution in [0.25, 0.3) is 0 Å². The third-order valence-corrected chi connectivity index (χ3v) is 2.98. The Balaban J connectivity index is 3.27. The van der Waals surface area contributed by atoms with Crippen LogP contribution in [-0.4, -0.2) is 30.5 Å². The SMILES string of the molecule is CN(C)C(C)(C)C(=O)Oc1c(F)c(F)c(F)c(F)c1F. The van der Waals surface area contributed by atoms with Gasteiger partial charge >= 0.3 is 5.97 Å². The van der Waals surface area contributed by atoms with Crippen LogP contribution < -0.4 is 4.74 Å². The zero-order valence-corrected chi connectivity index (χ0v) is 11.2. The summed E-state index contributed by atoms with van der Waals surface area (Å²) in [5.41, 5.74) is -1.32. The fourth-order valence-electron chi connectivity index (χ4n) is 1.07. The lowest BCUT2D eigenvalue weighted by Gasteiger charge is -2.29. The van der Waals surface area contributed by atoms with E-state index in [9.17, 15) is 26.7 Å². The summed E-state index contributed by atoms with van der Waals surface area (Å²) in [6.07, 6.45) is 0. The third-order valence-electron chi connectivity index (χ3n) is 2.98. The highest BCUT2D eigenvalue weighted by molar-refractivity contribution is 5.82. The molecule has 0 unspecified atom stereocenters. The van der Waals surface area contributed by atoms with Gasteiger partial charge in [0, 0.05) is 0 Å². The van der Waals surface area contributed by atoms with Gasteiger partial charge in [-0.15, -0.1) is 0 Å². The first kappa shape index (κ1) is 16.4. The second-order valence-corrected chi connectivity index (χ2v) is 4.74. The van der Waals surface area contributed by atoms with Gasteiger partial charge in [-0.25, -0.2) is 18.0 Å². The Morgan fingerprint density at radius 3 is 1.60 bits per heavy atom. The Labute approximate surface area is 111 Å². The lowest BCUT2D eigenvalue weighted by molar-refractivity contribution is -0.145. The average molecular weight is 297 g/mol. The second kappa shape index (κ2) is 5.35. The second-order valence-electron chi connectivity index (χ2n) is 4.74. The summed E-state index contributed by atoms with van der Waals surface area (Å²) in [6, 6.07) is 0. The number of esters is 1. The molecule has 20 heavy (non-hydrogen) atoms. The van der Waals surface area contributed by atoms with Crippen LogP contribution in [0.15, 0.2) is 0 Å². The van der Waals surface area contributed by atoms with E-state index in [0.29, 0.717) is 0 Å². The standard InChI is InChI=1S/C12H12F5NO2/c1-12(2,18(3)4)11(19)20-10-8(16)6(14)5(13)7(15)9(10)17/h1-4H3. The summed E-state index contributed by atoms with van der Waals surface area (Å²) in [5, 5.41) is 0. The molecule has 0 fully saturated rings. The van der Waals surface area contributed by atoms with Gasteiger partial charge in [0.2, 0.25) is 34.8 Å². The van der Waals surface area contributed by atoms with Gasteiger partial charge in [0.1, 0.15) is 5.54 Å². The molecule has 1 aromatic carbocycles. The van der Waals surface area contributed by atoms with Gasteiger partial charge in [-0.05, 0) is 27.9 Å². The van der Waals surface area contributed by atoms with Crippen molar-refractivity contribution in [3.63, 3.8) is 0 Å². The van der Waals surface area contributed by atoms with Crippen LogP contribution in [0.2, 0.25) is 0 Å². The first-order valence-electron chi connectivity index (χ1n) is 5.43. The molecule has 0 spiro atoms. The molecule has 1 aromatic rings. The molecular formula is C12H12F5NO2. The minimum Gasteiger partial charge on any atom is -0.419 e. The molecule has 112 valence electrons. The number of carbonyl (C=O) groups is 1. The van der Waals surface area contributed by atoms with Gasteiger partial charge in [-0.2, -0.15) is 8.78 Å². The van der Waals surface area contributed by atoms with Gasteiger partial charge in [-0.1, -0.05) is 0 Å². The van der Waals surface area contributed by atoms with Crippen LogP contribution in [0.3, 0.4) is 0 Å². The van der Waals surface area contributed by atoms with Gasteiger partial charge in [0.25, 0.3) is 0 Å². The molecule has 8 heteroatoms. The van der Waals surface area contributed by atoms with Crippen LogP contribution in [0, 0.1) is 29.1 Å². The molecular weight excluding hydrogens is 285 g/mol. The van der Waals surface area contributed by atoms with E-state index >= 15 is 0 Å². The van der Waals surface area contributed by atoms with Crippen molar-refractivity contribution in [1.82, 2.24) is 4.90 Å². The Hall–Kier alpha value is -1.70. The van der Waals surface area contributed by atoms with Crippen LogP contribution >= 0.6 is 0 Å². The van der Waals surface area contributed by atoms with Crippen molar-refractivity contribution in [3.05, 3.63) is 29.1 Å². The number of rotatable bonds is 3. The first-order chi connectivity index (χ1) is 9.01. The van der Waals surface area contributed by atoms with Crippen molar-refractivity contribution in [2.24, 2.45) is 0 Å². The van der Waals surface area contributed by atoms with Crippen molar-refractivity contribution >= 4 is 5.97 Å². The first-order valence-corrected chi connectivity index (χ1v) is 5.43. The van der Waals surface area contributed by atoms with Crippen LogP contribution in [0.5, 0.6) is 5.75 Å². The Kier molecular flexibility index (Phi) is 4.38. The summed E-state index contributed by atoms with van der Waals surface area (Å²) in [4.78, 5) is 13.1. The van der Waals surface area contributed by atoms with Crippen LogP contribution in [-0.2, 0) is 4.79 Å². The van der Waals surface area contributed by atoms with E-state index in [-0.39, 0.29) is 0 Å². The highest BCUT2D eigenvalue weighted by Crippen LogP contribution is 2.30. The summed E-state index contributed by atoms with van der Waals surface area (Å²) >= 11 is 0. The smallest absolute Gasteiger partial charge is 0.331 e. The number of nitrogens with zero attached hydrogens (tertiary/aromatic N) is 1. The molecule has 0 amide bonds. The molecule has 0 atom stereocenters. The zero-order chi connectivity index (χ0) is 15.8. The highest BCUT2D eigenvalue weighted by Gasteiger charge is 2.35. The summed E-state index contributed by atoms with van der Waals surface area (Å²) in [7, 11) is 2.97. The minimum atomic E-state index is -2.31. The molecule has 0 saturated heterocycles. The molecule has 1 rings (SSSR count). The van der Waals surface area contributed by atoms with Crippen molar-refractivity contribution in [1.29, 1.82) is 0 Å². The number of hydrogen-bond donors (Lipinski definition) is 0. The van der Waals surface area contributed by atoms with E-state index in [1.165, 1.54) is 32.8 Å². The number of likely N-dealkylation sites (N-methyl/N-ethyl adjacent to an activating group) is 1. The van der Waals surface area contributed by atoms with E-state index in [4.69, 9.17) is 0 Å². The number of ether oxygens (including phenoxy) is 1. The van der Waals surface area contributed by atoms with Crippen LogP contribution in [0.1, 0.15) is 13.8 Å². The molecule has 0 bridgehead atoms. The minimum absolute atomic E-state index is 1.16. The fraction of sp³-hybridized carbons (Fsp3) is 0.417. The molecule has 0 N–H and O–H groups in total. The monoisotopic (exact) mass is 297 g/mol. The fourth-order valence-corrected chi connectivity index (χ4v) is 1.07. The summed E-state index contributed by atoms with van der Waals surface area (Å²) < 4.78 is 69.7. The maximum Gasteiger partial charge on any atom is 0.331 e. The van der Waals surface area contributed by atoms with Crippen molar-refractivity contribution in [3.8, 4) is 5.75 Å². The number of carbonyl (C=O) groups excluding carboxylic acids is 1. The maximum absolute atomic E-state index is 13.3. The number of benzene rings is 1. The predicted molar refractivity (Wildman–Crippen MR) is 59.6 cm³/mol. The Bertz CT molecular complexity index is 528. The van der Waals surface area contributed by atoms with Gasteiger partial charge in [-0.3, -0.25) is 4.90 Å². The van der Waals surface area contributed by atoms with Crippen molar-refractivity contribution in [2.45, 2.75) is 19.4 Å². The number of hydrogen-bond acceptors (Lipinski definition) is 3. The van der Waals surface area contributed by atoms with E-state index in [0.717, 1.165) is 0 Å². The lowest BCUT2D eigenvalue weighted by atomic mass is 10.1. The molecule has 0 aromatic heterocycles. The molecule has 0 saturated carbocycles. The van der Waals surface area contributed by atoms with Gasteiger partial charge in [0.15, 0.2) is 0 Å². The average Bonchev–Trinajstić information content (AvgIpc) is 2.38. The topological polar surface area (TPSA) is 29.5 Å². The molecule has 0 aliphatic heterocycles. The van der Waals surface area contributed by atoms with Crippen molar-refractivity contribution in [2.75, 3.05) is 14.1 Å². The van der Waals surface area contributed by atoms with E-state index in [1.54, 1.807) is 0 Å². The molecule has 0 aliphatic rings. The third kappa shape index (κ3) is 2.60. The van der Waals surface area contributed by atoms with E-state index in [1.807, 2.05) is 0 Å². The summed E-state index contributed by atoms with van der Waals surface area (Å²) in [5.74, 6) is -13.8. The highest BCUT2D eigenvalue weighted by atomic mass is 19.2. The molecule has 3 nitrogen and oxygen atoms in total. The molecule has 0 heterocycles. The summed E-state index contributed by atoms with van der Waals surface area (Å²) in [6.45, 7) is 2.72. The zero-order valence-electron chi connectivity index (χ0n) is 11.2. The quantitative estimate of drug-likeness (QED) is 0.282. The normalized spacial score (nSPS) is 11.9. The van der Waals surface area contributed by atoms with E-state index in [2.05, 4.69) is 4.74 Å². The maximum atomic E-state index is 13.3. The van der Waals surface area contributed by atoms with Gasteiger partial charge in [0.05, 0.1) is 0 Å². The molecule has 0 radical (unpaired) electrons. The predicted octanol–water partition coefficient (Wildman–Crippen LogP) is 2.63. The number of halogens is 5. The van der Waals surface area contributed by atoms with Gasteiger partial charge < -0.3 is 4.74 Å². The lowest BCUT2D eigenvalue weighted by Crippen LogP contribution is -2.48. The van der Waals surface area contributed by atoms with Crippen LogP contribution in [0.4, 0.5) is 22.0 Å². The Morgan fingerprint density at radius 2 is 1.25 bits per heavy atom.